The van der Waals surface area contributed by atoms with Gasteiger partial charge in [-0.2, -0.15) is 8.42 Å². The molecule has 2 N–H and O–H groups in total. The molecule has 0 aromatic heterocycles. The number of nitrogens with two attached hydrogens (primary N) is 1. The zero-order valence-corrected chi connectivity index (χ0v) is 3.07. The van der Waals surface area contributed by atoms with Crippen LogP contribution in [-0.4, -0.2) is 8.42 Å². The molecule has 0 saturated heterocycles. The summed E-state index contributed by atoms with van der Waals surface area (Å²) in [4.78, 5) is 0. The van der Waals surface area contributed by atoms with Crippen molar-refractivity contribution >= 4 is 10.5 Å². The van der Waals surface area contributed by atoms with Gasteiger partial charge in [-0.3, -0.25) is 0 Å². The van der Waals surface area contributed by atoms with Gasteiger partial charge in [-0.05, 0) is 0 Å². The Balaban J connectivity index is 0. The van der Waals surface area contributed by atoms with Gasteiger partial charge >= 0.3 is 10.5 Å². The van der Waals surface area contributed by atoms with Gasteiger partial charge in [0.05, 0.1) is 0 Å². The lowest BCUT2D eigenvalue weighted by Crippen LogP contribution is -1.73. The minimum atomic E-state index is -2.42. The zero-order chi connectivity index (χ0) is 4.28. The fraction of sp³-hybridized carbons (Fsp3) is 1.00. The normalized spacial score (nSPS) is 5.50. The molecule has 0 saturated carbocycles. The van der Waals surface area contributed by atoms with E-state index in [0.717, 1.165) is 0 Å². The first kappa shape index (κ1) is 9.13. The van der Waals surface area contributed by atoms with E-state index in [1.807, 2.05) is 0 Å². The maximum absolute atomic E-state index is 9.08. The van der Waals surface area contributed by atoms with Crippen molar-refractivity contribution < 1.29 is 8.42 Å². The van der Waals surface area contributed by atoms with Crippen LogP contribution >= 0.6 is 0 Å². The number of hydrogen-bond acceptors (Lipinski definition) is 3. The summed E-state index contributed by atoms with van der Waals surface area (Å²) < 4.78 is 20.5. The van der Waals surface area contributed by atoms with Crippen molar-refractivity contribution in [1.29, 1.82) is 0 Å². The van der Waals surface area contributed by atoms with Crippen LogP contribution in [-0.2, 0) is 10.5 Å². The van der Waals surface area contributed by atoms with Crippen LogP contribution in [0.15, 0.2) is 4.47 Å². The smallest absolute Gasteiger partial charge is 0.212 e. The first-order valence-electron chi connectivity index (χ1n) is 0.774. The summed E-state index contributed by atoms with van der Waals surface area (Å²) in [6, 6.07) is 0. The molecule has 0 fully saturated rings. The van der Waals surface area contributed by atoms with Crippen molar-refractivity contribution in [1.82, 2.24) is 0 Å². The van der Waals surface area contributed by atoms with Crippen molar-refractivity contribution in [3.63, 3.8) is 0 Å². The summed E-state index contributed by atoms with van der Waals surface area (Å²) in [6.07, 6.45) is 0. The average molecular weight is 110 g/mol. The molecule has 4 nitrogen and oxygen atoms in total. The monoisotopic (exact) mass is 110 g/mol. The van der Waals surface area contributed by atoms with Gasteiger partial charge in [0.2, 0.25) is 0 Å². The summed E-state index contributed by atoms with van der Waals surface area (Å²) in [5.74, 6) is 4.18. The van der Waals surface area contributed by atoms with E-state index in [1.54, 1.807) is 0 Å². The highest BCUT2D eigenvalue weighted by Crippen LogP contribution is 1.32. The standard InChI is InChI=1S/CH4.H2N2O2S/c;1-2-5(3)4/h1H4;1H2. The van der Waals surface area contributed by atoms with Gasteiger partial charge in [0.15, 0.2) is 0 Å². The molecular weight excluding hydrogens is 104 g/mol. The van der Waals surface area contributed by atoms with Gasteiger partial charge in [0, 0.05) is 0 Å². The highest BCUT2D eigenvalue weighted by Gasteiger charge is 1.47. The second-order valence-corrected chi connectivity index (χ2v) is 0.968. The van der Waals surface area contributed by atoms with Gasteiger partial charge in [-0.15, -0.1) is 0 Å². The summed E-state index contributed by atoms with van der Waals surface area (Å²) in [5, 5.41) is 0. The molecule has 0 aromatic rings. The van der Waals surface area contributed by atoms with E-state index in [2.05, 4.69) is 10.3 Å². The first-order valence-corrected chi connectivity index (χ1v) is 1.81. The van der Waals surface area contributed by atoms with Crippen molar-refractivity contribution in [2.24, 2.45) is 10.3 Å². The molecule has 0 rings (SSSR count). The van der Waals surface area contributed by atoms with Crippen LogP contribution in [0.1, 0.15) is 7.43 Å². The molecule has 0 amide bonds. The molecule has 5 heteroatoms. The van der Waals surface area contributed by atoms with Gasteiger partial charge in [0.1, 0.15) is 0 Å². The summed E-state index contributed by atoms with van der Waals surface area (Å²) in [7, 11) is -2.42. The minimum absolute atomic E-state index is 0. The van der Waals surface area contributed by atoms with E-state index in [-0.39, 0.29) is 7.43 Å². The van der Waals surface area contributed by atoms with E-state index in [1.165, 1.54) is 0 Å². The average Bonchev–Trinajstić information content (AvgIpc) is 1.38. The number of hydrogen-bond donors (Lipinski definition) is 1. The molecule has 0 atom stereocenters. The quantitative estimate of drug-likeness (QED) is 0.339. The van der Waals surface area contributed by atoms with E-state index in [4.69, 9.17) is 8.42 Å². The maximum Gasteiger partial charge on any atom is 0.327 e. The third-order valence-corrected chi connectivity index (χ3v) is 0.258. The van der Waals surface area contributed by atoms with Crippen LogP contribution in [0.5, 0.6) is 0 Å². The predicted molar refractivity (Wildman–Crippen MR) is 22.3 cm³/mol. The molecule has 0 aromatic carbocycles. The molecule has 0 bridgehead atoms. The highest BCUT2D eigenvalue weighted by molar-refractivity contribution is 7.61. The largest absolute Gasteiger partial charge is 0.327 e. The molecular formula is CH6N2O2S. The maximum atomic E-state index is 9.08. The molecule has 0 aliphatic heterocycles. The molecule has 0 aliphatic rings. The second-order valence-electron chi connectivity index (χ2n) is 0.323. The Hall–Kier alpha value is -0.420. The summed E-state index contributed by atoms with van der Waals surface area (Å²) in [5.41, 5.74) is 0. The summed E-state index contributed by atoms with van der Waals surface area (Å²) >= 11 is 0. The Morgan fingerprint density at radius 2 is 1.67 bits per heavy atom. The van der Waals surface area contributed by atoms with Gasteiger partial charge in [-0.1, -0.05) is 11.9 Å². The second kappa shape index (κ2) is 4.58. The van der Waals surface area contributed by atoms with E-state index >= 15 is 0 Å². The third-order valence-electron chi connectivity index (χ3n) is 0.0861. The summed E-state index contributed by atoms with van der Waals surface area (Å²) in [6.45, 7) is 0. The Labute approximate surface area is 37.6 Å². The fourth-order valence-electron chi connectivity index (χ4n) is 0. The van der Waals surface area contributed by atoms with E-state index < -0.39 is 10.5 Å². The first-order chi connectivity index (χ1) is 2.27. The molecule has 6 heavy (non-hydrogen) atoms. The Kier molecular flexibility index (Phi) is 6.97. The van der Waals surface area contributed by atoms with E-state index in [0.29, 0.717) is 0 Å². The number of nitrogens with zero attached hydrogens (tertiary/aromatic N) is 1. The van der Waals surface area contributed by atoms with Crippen LogP contribution in [0.25, 0.3) is 0 Å². The van der Waals surface area contributed by atoms with Crippen LogP contribution in [0, 0.1) is 0 Å². The van der Waals surface area contributed by atoms with Crippen LogP contribution in [0.3, 0.4) is 0 Å². The predicted octanol–water partition coefficient (Wildman–Crippen LogP) is -0.441. The molecule has 38 valence electrons. The van der Waals surface area contributed by atoms with Crippen LogP contribution in [0.4, 0.5) is 0 Å². The van der Waals surface area contributed by atoms with Gasteiger partial charge in [-0.25, -0.2) is 5.84 Å². The molecule has 0 heterocycles. The lowest BCUT2D eigenvalue weighted by Gasteiger charge is -1.43. The van der Waals surface area contributed by atoms with Crippen molar-refractivity contribution in [2.75, 3.05) is 0 Å². The van der Waals surface area contributed by atoms with Crippen molar-refractivity contribution in [2.45, 2.75) is 7.43 Å². The third kappa shape index (κ3) is 9.55. The molecule has 0 unspecified atom stereocenters. The van der Waals surface area contributed by atoms with Crippen LogP contribution in [0.2, 0.25) is 0 Å². The fourth-order valence-corrected chi connectivity index (χ4v) is 0. The number of rotatable bonds is 0. The Morgan fingerprint density at radius 1 is 1.50 bits per heavy atom. The van der Waals surface area contributed by atoms with Crippen molar-refractivity contribution in [3.05, 3.63) is 0 Å². The molecule has 0 spiro atoms. The highest BCUT2D eigenvalue weighted by atomic mass is 32.2. The Bertz CT molecular complexity index is 114. The topological polar surface area (TPSA) is 72.5 Å². The lowest BCUT2D eigenvalue weighted by atomic mass is 12.0. The lowest BCUT2D eigenvalue weighted by molar-refractivity contribution is 0.620. The Morgan fingerprint density at radius 3 is 1.67 bits per heavy atom. The molecule has 0 aliphatic carbocycles. The zero-order valence-electron chi connectivity index (χ0n) is 2.25. The van der Waals surface area contributed by atoms with Crippen LogP contribution < -0.4 is 5.84 Å². The van der Waals surface area contributed by atoms with Gasteiger partial charge in [0.25, 0.3) is 0 Å². The van der Waals surface area contributed by atoms with Crippen molar-refractivity contribution in [3.8, 4) is 0 Å². The van der Waals surface area contributed by atoms with Gasteiger partial charge < -0.3 is 0 Å². The SMILES string of the molecule is C.NN=S(=O)=O. The molecule has 0 radical (unpaired) electrons. The minimum Gasteiger partial charge on any atom is -0.212 e. The van der Waals surface area contributed by atoms with E-state index in [9.17, 15) is 0 Å².